The summed E-state index contributed by atoms with van der Waals surface area (Å²) in [6.07, 6.45) is 0. The van der Waals surface area contributed by atoms with E-state index in [0.717, 1.165) is 0 Å². The summed E-state index contributed by atoms with van der Waals surface area (Å²) in [4.78, 5) is 0. The minimum atomic E-state index is 0.0220. The first kappa shape index (κ1) is 14.5. The Morgan fingerprint density at radius 2 is 1.24 bits per heavy atom. The van der Waals surface area contributed by atoms with E-state index in [2.05, 4.69) is 98.8 Å². The quantitative estimate of drug-likeness (QED) is 0.361. The highest BCUT2D eigenvalue weighted by atomic mass is 14.4. The van der Waals surface area contributed by atoms with E-state index in [9.17, 15) is 0 Å². The predicted octanol–water partition coefficient (Wildman–Crippen LogP) is 6.81. The van der Waals surface area contributed by atoms with Crippen LogP contribution in [-0.2, 0) is 5.41 Å². The smallest absolute Gasteiger partial charge is 0.0165 e. The van der Waals surface area contributed by atoms with Gasteiger partial charge in [-0.25, -0.2) is 0 Å². The molecule has 0 saturated heterocycles. The summed E-state index contributed by atoms with van der Waals surface area (Å²) >= 11 is 0. The topological polar surface area (TPSA) is 0 Å². The molecule has 0 amide bonds. The van der Waals surface area contributed by atoms with Crippen LogP contribution < -0.4 is 0 Å². The summed E-state index contributed by atoms with van der Waals surface area (Å²) in [5.74, 6) is 0. The Kier molecular flexibility index (Phi) is 2.93. The lowest BCUT2D eigenvalue weighted by molar-refractivity contribution is 0.662. The van der Waals surface area contributed by atoms with E-state index in [1.807, 2.05) is 0 Å². The van der Waals surface area contributed by atoms with Crippen molar-refractivity contribution in [2.75, 3.05) is 0 Å². The van der Waals surface area contributed by atoms with Crippen molar-refractivity contribution < 1.29 is 0 Å². The van der Waals surface area contributed by atoms with Gasteiger partial charge >= 0.3 is 0 Å². The maximum atomic E-state index is 2.35. The lowest BCUT2D eigenvalue weighted by atomic mass is 9.78. The van der Waals surface area contributed by atoms with Crippen molar-refractivity contribution >= 4 is 10.8 Å². The van der Waals surface area contributed by atoms with Crippen LogP contribution in [-0.4, -0.2) is 0 Å². The molecule has 0 saturated carbocycles. The van der Waals surface area contributed by atoms with E-state index in [4.69, 9.17) is 0 Å². The summed E-state index contributed by atoms with van der Waals surface area (Å²) in [7, 11) is 0. The van der Waals surface area contributed by atoms with Crippen LogP contribution >= 0.6 is 0 Å². The molecule has 0 aliphatic heterocycles. The van der Waals surface area contributed by atoms with Crippen molar-refractivity contribution in [2.24, 2.45) is 0 Å². The first-order chi connectivity index (χ1) is 12.2. The molecule has 0 fully saturated rings. The van der Waals surface area contributed by atoms with Crippen LogP contribution in [0.4, 0.5) is 0 Å². The lowest BCUT2D eigenvalue weighted by Gasteiger charge is -2.24. The Morgan fingerprint density at radius 1 is 0.560 bits per heavy atom. The molecule has 0 heterocycles. The Morgan fingerprint density at radius 3 is 2.12 bits per heavy atom. The van der Waals surface area contributed by atoms with E-state index in [-0.39, 0.29) is 5.41 Å². The molecule has 0 atom stereocenters. The standard InChI is InChI=1S/C25H20/c1-25(2)23-13-6-5-10-21(23)22-12-7-11-20(24(22)25)19-15-14-17-8-3-4-9-18(17)16-19/h3-16H,1-2H3. The number of hydrogen-bond acceptors (Lipinski definition) is 0. The molecule has 0 radical (unpaired) electrons. The molecular formula is C25H20. The third-order valence-electron chi connectivity index (χ3n) is 5.64. The SMILES string of the molecule is CC1(C)c2ccccc2-c2cccc(-c3ccc4ccccc4c3)c21. The highest BCUT2D eigenvalue weighted by molar-refractivity contribution is 5.92. The van der Waals surface area contributed by atoms with Gasteiger partial charge in [-0.05, 0) is 50.2 Å². The maximum Gasteiger partial charge on any atom is 0.0165 e. The second kappa shape index (κ2) is 5.07. The molecule has 0 N–H and O–H groups in total. The highest BCUT2D eigenvalue weighted by Crippen LogP contribution is 2.51. The van der Waals surface area contributed by atoms with Gasteiger partial charge in [0.2, 0.25) is 0 Å². The molecule has 0 aromatic heterocycles. The number of rotatable bonds is 1. The van der Waals surface area contributed by atoms with Crippen molar-refractivity contribution in [2.45, 2.75) is 19.3 Å². The molecule has 0 bridgehead atoms. The molecule has 0 heteroatoms. The van der Waals surface area contributed by atoms with Gasteiger partial charge in [-0.3, -0.25) is 0 Å². The summed E-state index contributed by atoms with van der Waals surface area (Å²) in [6.45, 7) is 4.70. The summed E-state index contributed by atoms with van der Waals surface area (Å²) < 4.78 is 0. The van der Waals surface area contributed by atoms with Crippen molar-refractivity contribution in [3.8, 4) is 22.3 Å². The normalized spacial score (nSPS) is 14.3. The molecule has 0 nitrogen and oxygen atoms in total. The second-order valence-electron chi connectivity index (χ2n) is 7.46. The minimum Gasteiger partial charge on any atom is -0.0619 e. The van der Waals surface area contributed by atoms with Crippen LogP contribution in [0.2, 0.25) is 0 Å². The Balaban J connectivity index is 1.80. The van der Waals surface area contributed by atoms with E-state index >= 15 is 0 Å². The van der Waals surface area contributed by atoms with Crippen molar-refractivity contribution in [1.82, 2.24) is 0 Å². The predicted molar refractivity (Wildman–Crippen MR) is 107 cm³/mol. The molecule has 4 aromatic carbocycles. The van der Waals surface area contributed by atoms with Gasteiger partial charge < -0.3 is 0 Å². The van der Waals surface area contributed by atoms with Gasteiger partial charge in [0.15, 0.2) is 0 Å². The molecule has 0 spiro atoms. The van der Waals surface area contributed by atoms with Crippen molar-refractivity contribution in [1.29, 1.82) is 0 Å². The van der Waals surface area contributed by atoms with Crippen molar-refractivity contribution in [3.63, 3.8) is 0 Å². The van der Waals surface area contributed by atoms with Gasteiger partial charge in [-0.1, -0.05) is 92.7 Å². The first-order valence-electron chi connectivity index (χ1n) is 8.89. The molecule has 120 valence electrons. The van der Waals surface area contributed by atoms with E-state index in [1.54, 1.807) is 0 Å². The molecule has 1 aliphatic rings. The zero-order chi connectivity index (χ0) is 17.0. The van der Waals surface area contributed by atoms with E-state index < -0.39 is 0 Å². The zero-order valence-corrected chi connectivity index (χ0v) is 14.6. The van der Waals surface area contributed by atoms with Gasteiger partial charge in [0.05, 0.1) is 0 Å². The summed E-state index contributed by atoms with van der Waals surface area (Å²) in [6, 6.07) is 31.0. The summed E-state index contributed by atoms with van der Waals surface area (Å²) in [5.41, 5.74) is 8.32. The van der Waals surface area contributed by atoms with Crippen LogP contribution in [0.5, 0.6) is 0 Å². The monoisotopic (exact) mass is 320 g/mol. The molecule has 25 heavy (non-hydrogen) atoms. The second-order valence-corrected chi connectivity index (χ2v) is 7.46. The summed E-state index contributed by atoms with van der Waals surface area (Å²) in [5, 5.41) is 2.59. The molecule has 5 rings (SSSR count). The number of fused-ring (bicyclic) bond motifs is 4. The fourth-order valence-corrected chi connectivity index (χ4v) is 4.45. The number of benzene rings is 4. The van der Waals surface area contributed by atoms with Gasteiger partial charge in [-0.15, -0.1) is 0 Å². The Hall–Kier alpha value is -2.86. The van der Waals surface area contributed by atoms with Gasteiger partial charge in [0.1, 0.15) is 0 Å². The van der Waals surface area contributed by atoms with E-state index in [1.165, 1.54) is 44.2 Å². The number of hydrogen-bond donors (Lipinski definition) is 0. The Bertz CT molecular complexity index is 1120. The molecule has 4 aromatic rings. The Labute approximate surface area is 148 Å². The third kappa shape index (κ3) is 2.01. The lowest BCUT2D eigenvalue weighted by Crippen LogP contribution is -2.16. The minimum absolute atomic E-state index is 0.0220. The van der Waals surface area contributed by atoms with Gasteiger partial charge in [-0.2, -0.15) is 0 Å². The van der Waals surface area contributed by atoms with Gasteiger partial charge in [0, 0.05) is 5.41 Å². The average molecular weight is 320 g/mol. The van der Waals surface area contributed by atoms with Crippen LogP contribution in [0.3, 0.4) is 0 Å². The maximum absolute atomic E-state index is 2.35. The molecule has 0 unspecified atom stereocenters. The van der Waals surface area contributed by atoms with Crippen LogP contribution in [0, 0.1) is 0 Å². The van der Waals surface area contributed by atoms with Crippen LogP contribution in [0.15, 0.2) is 84.9 Å². The van der Waals surface area contributed by atoms with E-state index in [0.29, 0.717) is 0 Å². The molecular weight excluding hydrogens is 300 g/mol. The fraction of sp³-hybridized carbons (Fsp3) is 0.120. The zero-order valence-electron chi connectivity index (χ0n) is 14.6. The van der Waals surface area contributed by atoms with Crippen LogP contribution in [0.1, 0.15) is 25.0 Å². The fourth-order valence-electron chi connectivity index (χ4n) is 4.45. The van der Waals surface area contributed by atoms with Crippen molar-refractivity contribution in [3.05, 3.63) is 96.1 Å². The highest BCUT2D eigenvalue weighted by Gasteiger charge is 2.37. The first-order valence-corrected chi connectivity index (χ1v) is 8.89. The van der Waals surface area contributed by atoms with Gasteiger partial charge in [0.25, 0.3) is 0 Å². The largest absolute Gasteiger partial charge is 0.0619 e. The average Bonchev–Trinajstić information content (AvgIpc) is 2.90. The molecule has 1 aliphatic carbocycles. The van der Waals surface area contributed by atoms with Crippen LogP contribution in [0.25, 0.3) is 33.0 Å². The third-order valence-corrected chi connectivity index (χ3v) is 5.64.